The summed E-state index contributed by atoms with van der Waals surface area (Å²) < 4.78 is 20.3. The lowest BCUT2D eigenvalue weighted by molar-refractivity contribution is -0.113. The van der Waals surface area contributed by atoms with E-state index in [1.807, 2.05) is 25.1 Å². The number of benzene rings is 2. The number of amides is 1. The van der Waals surface area contributed by atoms with Gasteiger partial charge < -0.3 is 10.1 Å². The van der Waals surface area contributed by atoms with Gasteiger partial charge in [0.1, 0.15) is 11.6 Å². The van der Waals surface area contributed by atoms with Gasteiger partial charge in [-0.1, -0.05) is 23.4 Å². The van der Waals surface area contributed by atoms with Gasteiger partial charge in [0.25, 0.3) is 0 Å². The van der Waals surface area contributed by atoms with E-state index in [0.717, 1.165) is 26.4 Å². The van der Waals surface area contributed by atoms with Crippen LogP contribution in [0.2, 0.25) is 5.02 Å². The lowest BCUT2D eigenvalue weighted by Crippen LogP contribution is -2.14. The van der Waals surface area contributed by atoms with Crippen molar-refractivity contribution in [1.82, 2.24) is 4.98 Å². The van der Waals surface area contributed by atoms with E-state index in [9.17, 15) is 9.18 Å². The normalized spacial score (nSPS) is 10.8. The molecule has 3 aromatic rings. The van der Waals surface area contributed by atoms with Crippen molar-refractivity contribution < 1.29 is 13.9 Å². The van der Waals surface area contributed by atoms with Crippen LogP contribution in [0.3, 0.4) is 0 Å². The van der Waals surface area contributed by atoms with E-state index in [1.165, 1.54) is 35.2 Å². The maximum Gasteiger partial charge on any atom is 0.234 e. The predicted molar refractivity (Wildman–Crippen MR) is 102 cm³/mol. The van der Waals surface area contributed by atoms with Crippen molar-refractivity contribution in [3.05, 3.63) is 47.2 Å². The molecule has 1 N–H and O–H groups in total. The van der Waals surface area contributed by atoms with Crippen molar-refractivity contribution in [2.24, 2.45) is 0 Å². The van der Waals surface area contributed by atoms with Crippen molar-refractivity contribution in [2.45, 2.75) is 11.3 Å². The van der Waals surface area contributed by atoms with Gasteiger partial charge in [0.15, 0.2) is 4.34 Å². The molecule has 0 fully saturated rings. The van der Waals surface area contributed by atoms with Gasteiger partial charge in [-0.15, -0.1) is 11.3 Å². The van der Waals surface area contributed by atoms with Gasteiger partial charge in [0.05, 0.1) is 33.3 Å². The van der Waals surface area contributed by atoms with Crippen molar-refractivity contribution in [2.75, 3.05) is 17.7 Å². The Morgan fingerprint density at radius 2 is 2.20 bits per heavy atom. The average molecular weight is 397 g/mol. The van der Waals surface area contributed by atoms with Gasteiger partial charge in [-0.3, -0.25) is 4.79 Å². The summed E-state index contributed by atoms with van der Waals surface area (Å²) in [6.07, 6.45) is 0. The number of anilines is 1. The first-order chi connectivity index (χ1) is 12.0. The fourth-order valence-corrected chi connectivity index (χ4v) is 4.22. The number of halogens is 2. The van der Waals surface area contributed by atoms with E-state index >= 15 is 0 Å². The van der Waals surface area contributed by atoms with Crippen LogP contribution in [-0.4, -0.2) is 23.3 Å². The quantitative estimate of drug-likeness (QED) is 0.580. The van der Waals surface area contributed by atoms with Crippen LogP contribution in [0, 0.1) is 5.82 Å². The third kappa shape index (κ3) is 4.62. The van der Waals surface area contributed by atoms with Crippen LogP contribution in [-0.2, 0) is 4.79 Å². The molecular formula is C17H14ClFN2O2S2. The Balaban J connectivity index is 1.62. The largest absolute Gasteiger partial charge is 0.494 e. The minimum absolute atomic E-state index is 0.168. The Morgan fingerprint density at radius 1 is 1.36 bits per heavy atom. The molecule has 0 saturated carbocycles. The number of aromatic nitrogens is 1. The van der Waals surface area contributed by atoms with E-state index < -0.39 is 5.82 Å². The first kappa shape index (κ1) is 18.0. The first-order valence-electron chi connectivity index (χ1n) is 7.46. The molecule has 2 aromatic carbocycles. The fraction of sp³-hybridized carbons (Fsp3) is 0.176. The first-order valence-corrected chi connectivity index (χ1v) is 9.64. The van der Waals surface area contributed by atoms with E-state index in [-0.39, 0.29) is 16.7 Å². The summed E-state index contributed by atoms with van der Waals surface area (Å²) in [6, 6.07) is 9.57. The highest BCUT2D eigenvalue weighted by atomic mass is 35.5. The van der Waals surface area contributed by atoms with Crippen molar-refractivity contribution in [3.8, 4) is 5.75 Å². The molecule has 1 heterocycles. The molecule has 0 aliphatic carbocycles. The molecule has 130 valence electrons. The van der Waals surface area contributed by atoms with Gasteiger partial charge in [-0.2, -0.15) is 0 Å². The second kappa shape index (κ2) is 8.03. The number of carbonyl (C=O) groups excluding carboxylic acids is 1. The highest BCUT2D eigenvalue weighted by Gasteiger charge is 2.10. The van der Waals surface area contributed by atoms with Gasteiger partial charge >= 0.3 is 0 Å². The lowest BCUT2D eigenvalue weighted by atomic mass is 10.3. The maximum absolute atomic E-state index is 13.0. The molecule has 1 amide bonds. The molecule has 0 aliphatic heterocycles. The van der Waals surface area contributed by atoms with Crippen LogP contribution in [0.1, 0.15) is 6.92 Å². The number of hydrogen-bond donors (Lipinski definition) is 1. The topological polar surface area (TPSA) is 51.2 Å². The molecular weight excluding hydrogens is 383 g/mol. The zero-order chi connectivity index (χ0) is 17.8. The van der Waals surface area contributed by atoms with E-state index in [1.54, 1.807) is 0 Å². The van der Waals surface area contributed by atoms with Crippen LogP contribution in [0.4, 0.5) is 10.1 Å². The fourth-order valence-electron chi connectivity index (χ4n) is 2.11. The summed E-state index contributed by atoms with van der Waals surface area (Å²) in [6.45, 7) is 2.54. The summed E-state index contributed by atoms with van der Waals surface area (Å²) in [5, 5.41) is 2.83. The van der Waals surface area contributed by atoms with Crippen molar-refractivity contribution >= 4 is 56.5 Å². The molecule has 3 rings (SSSR count). The van der Waals surface area contributed by atoms with Gasteiger partial charge in [-0.05, 0) is 43.3 Å². The second-order valence-electron chi connectivity index (χ2n) is 5.00. The van der Waals surface area contributed by atoms with E-state index in [0.29, 0.717) is 12.3 Å². The maximum atomic E-state index is 13.0. The zero-order valence-corrected chi connectivity index (χ0v) is 15.6. The molecule has 0 spiro atoms. The minimum Gasteiger partial charge on any atom is -0.494 e. The summed E-state index contributed by atoms with van der Waals surface area (Å²) in [4.78, 5) is 16.5. The number of rotatable bonds is 6. The standard InChI is InChI=1S/C17H14ClFN2O2S2/c1-2-23-11-4-6-14-15(8-11)25-17(21-14)24-9-16(22)20-13-5-3-10(19)7-12(13)18/h3-8H,2,9H2,1H3,(H,20,22). The summed E-state index contributed by atoms with van der Waals surface area (Å²) in [7, 11) is 0. The van der Waals surface area contributed by atoms with Gasteiger partial charge in [-0.25, -0.2) is 9.37 Å². The van der Waals surface area contributed by atoms with Crippen LogP contribution in [0.25, 0.3) is 10.2 Å². The minimum atomic E-state index is -0.446. The molecule has 0 saturated heterocycles. The summed E-state index contributed by atoms with van der Waals surface area (Å²) in [5.74, 6) is 0.316. The average Bonchev–Trinajstić information content (AvgIpc) is 2.98. The van der Waals surface area contributed by atoms with Crippen LogP contribution >= 0.6 is 34.7 Å². The number of nitrogens with one attached hydrogen (secondary N) is 1. The third-order valence-electron chi connectivity index (χ3n) is 3.18. The van der Waals surface area contributed by atoms with Crippen LogP contribution in [0.15, 0.2) is 40.7 Å². The Labute approximate surface area is 157 Å². The van der Waals surface area contributed by atoms with Crippen molar-refractivity contribution in [3.63, 3.8) is 0 Å². The molecule has 4 nitrogen and oxygen atoms in total. The van der Waals surface area contributed by atoms with Gasteiger partial charge in [0, 0.05) is 0 Å². The Bertz CT molecular complexity index is 917. The zero-order valence-electron chi connectivity index (χ0n) is 13.2. The molecule has 1 aromatic heterocycles. The lowest BCUT2D eigenvalue weighted by Gasteiger charge is -2.06. The molecule has 0 bridgehead atoms. The number of thioether (sulfide) groups is 1. The number of fused-ring (bicyclic) bond motifs is 1. The van der Waals surface area contributed by atoms with Gasteiger partial charge in [0.2, 0.25) is 5.91 Å². The van der Waals surface area contributed by atoms with Crippen molar-refractivity contribution in [1.29, 1.82) is 0 Å². The highest BCUT2D eigenvalue weighted by molar-refractivity contribution is 8.01. The SMILES string of the molecule is CCOc1ccc2nc(SCC(=O)Nc3ccc(F)cc3Cl)sc2c1. The predicted octanol–water partition coefficient (Wildman–Crippen LogP) is 5.22. The van der Waals surface area contributed by atoms with E-state index in [4.69, 9.17) is 16.3 Å². The Morgan fingerprint density at radius 3 is 2.96 bits per heavy atom. The van der Waals surface area contributed by atoms with E-state index in [2.05, 4.69) is 10.3 Å². The monoisotopic (exact) mass is 396 g/mol. The summed E-state index contributed by atoms with van der Waals surface area (Å²) in [5.41, 5.74) is 1.26. The van der Waals surface area contributed by atoms with Crippen LogP contribution in [0.5, 0.6) is 5.75 Å². The Hall–Kier alpha value is -1.83. The molecule has 0 unspecified atom stereocenters. The molecule has 8 heteroatoms. The molecule has 25 heavy (non-hydrogen) atoms. The smallest absolute Gasteiger partial charge is 0.234 e. The second-order valence-corrected chi connectivity index (χ2v) is 7.66. The number of ether oxygens (including phenoxy) is 1. The number of hydrogen-bond acceptors (Lipinski definition) is 5. The molecule has 0 aliphatic rings. The number of nitrogens with zero attached hydrogens (tertiary/aromatic N) is 1. The highest BCUT2D eigenvalue weighted by Crippen LogP contribution is 2.32. The third-order valence-corrected chi connectivity index (χ3v) is 5.66. The number of carbonyl (C=O) groups is 1. The van der Waals surface area contributed by atoms with Crippen LogP contribution < -0.4 is 10.1 Å². The Kier molecular flexibility index (Phi) is 5.78. The molecule has 0 radical (unpaired) electrons. The summed E-state index contributed by atoms with van der Waals surface area (Å²) >= 11 is 8.75. The molecule has 0 atom stereocenters. The number of thiazole rings is 1.